The number of nitrogens with one attached hydrogen (secondary N) is 1. The maximum Gasteiger partial charge on any atom is 0.0355 e. The Morgan fingerprint density at radius 1 is 1.10 bits per heavy atom. The van der Waals surface area contributed by atoms with E-state index in [9.17, 15) is 13.6 Å². The Hall–Kier alpha value is -2.09. The van der Waals surface area contributed by atoms with Crippen LogP contribution < -0.4 is 9.67 Å². The Morgan fingerprint density at radius 3 is 2.42 bits per heavy atom. The summed E-state index contributed by atoms with van der Waals surface area (Å²) in [6.45, 7) is 6.18. The van der Waals surface area contributed by atoms with Crippen molar-refractivity contribution in [2.75, 3.05) is 38.5 Å². The third kappa shape index (κ3) is 6.21. The molecule has 1 amide bonds. The SMILES string of the molecule is CC(=O)Nc1ccc(O)c([As](=O)(O)O)c1.CN1CCN(C2CCc3ccccc32)CC1. The van der Waals surface area contributed by atoms with Crippen molar-refractivity contribution in [3.63, 3.8) is 0 Å². The number of nitrogens with zero attached hydrogens (tertiary/aromatic N) is 2. The molecule has 4 N–H and O–H groups in total. The smallest absolute Gasteiger partial charge is 0.0355 e. The van der Waals surface area contributed by atoms with Gasteiger partial charge in [0.05, 0.1) is 0 Å². The molecule has 0 aromatic heterocycles. The Morgan fingerprint density at radius 2 is 1.77 bits per heavy atom. The number of hydrogen-bond acceptors (Lipinski definition) is 5. The van der Waals surface area contributed by atoms with E-state index in [1.165, 1.54) is 52.0 Å². The van der Waals surface area contributed by atoms with Gasteiger partial charge in [0, 0.05) is 32.2 Å². The topological polar surface area (TPSA) is 113 Å². The minimum atomic E-state index is -5.15. The van der Waals surface area contributed by atoms with Crippen molar-refractivity contribution in [3.8, 4) is 5.75 Å². The van der Waals surface area contributed by atoms with Gasteiger partial charge >= 0.3 is 88.1 Å². The second-order valence-electron chi connectivity index (χ2n) is 8.02. The summed E-state index contributed by atoms with van der Waals surface area (Å²) >= 11 is -5.15. The van der Waals surface area contributed by atoms with Gasteiger partial charge in [-0.2, -0.15) is 0 Å². The number of phenolic OH excluding ortho intramolecular Hbond substituents is 1. The van der Waals surface area contributed by atoms with Crippen LogP contribution in [0, 0.1) is 0 Å². The molecule has 0 saturated carbocycles. The molecule has 0 bridgehead atoms. The van der Waals surface area contributed by atoms with Gasteiger partial charge in [0.25, 0.3) is 0 Å². The molecule has 8 nitrogen and oxygen atoms in total. The molecule has 1 aliphatic heterocycles. The van der Waals surface area contributed by atoms with Crippen molar-refractivity contribution in [1.82, 2.24) is 9.80 Å². The summed E-state index contributed by atoms with van der Waals surface area (Å²) < 4.78 is 28.4. The van der Waals surface area contributed by atoms with Gasteiger partial charge in [0.1, 0.15) is 0 Å². The number of likely N-dealkylation sites (N-methyl/N-ethyl adjacent to an activating group) is 1. The zero-order valence-corrected chi connectivity index (χ0v) is 19.7. The van der Waals surface area contributed by atoms with Crippen LogP contribution in [0.1, 0.15) is 30.5 Å². The van der Waals surface area contributed by atoms with E-state index in [0.29, 0.717) is 6.04 Å². The summed E-state index contributed by atoms with van der Waals surface area (Å²) in [5.41, 5.74) is 3.40. The fourth-order valence-electron chi connectivity index (χ4n) is 4.09. The standard InChI is InChI=1S/C14H20N2.C8H10AsNO5/c1-15-8-10-16(11-9-15)14-7-6-12-4-2-3-5-13(12)14;1-5(11)10-6-2-3-8(12)7(4-6)9(13,14)15/h2-5,14H,6-11H2,1H3;2-4,12H,1H3,(H,10,11)(H2,13,14,15). The number of carbonyl (C=O) groups is 1. The van der Waals surface area contributed by atoms with Crippen molar-refractivity contribution in [1.29, 1.82) is 0 Å². The Labute approximate surface area is 185 Å². The second-order valence-corrected chi connectivity index (χ2v) is 11.3. The van der Waals surface area contributed by atoms with Crippen molar-refractivity contribution in [2.45, 2.75) is 25.8 Å². The Kier molecular flexibility index (Phi) is 7.62. The quantitative estimate of drug-likeness (QED) is 0.372. The van der Waals surface area contributed by atoms with Gasteiger partial charge < -0.3 is 4.90 Å². The van der Waals surface area contributed by atoms with E-state index in [4.69, 9.17) is 8.19 Å². The first kappa shape index (κ1) is 23.6. The number of anilines is 1. The Bertz CT molecular complexity index is 969. The van der Waals surface area contributed by atoms with E-state index in [-0.39, 0.29) is 11.6 Å². The van der Waals surface area contributed by atoms with E-state index in [1.54, 1.807) is 11.1 Å². The molecule has 2 aromatic rings. The zero-order valence-electron chi connectivity index (χ0n) is 17.9. The largest absolute Gasteiger partial charge is 0.304 e. The van der Waals surface area contributed by atoms with Crippen LogP contribution in [0.5, 0.6) is 5.75 Å². The number of aryl methyl sites for hydroxylation is 1. The molecule has 1 unspecified atom stereocenters. The van der Waals surface area contributed by atoms with E-state index in [0.717, 1.165) is 12.1 Å². The number of hydrogen-bond donors (Lipinski definition) is 4. The van der Waals surface area contributed by atoms with Crippen molar-refractivity contribution in [3.05, 3.63) is 53.6 Å². The molecular weight excluding hydrogens is 461 g/mol. The molecule has 31 heavy (non-hydrogen) atoms. The molecule has 1 fully saturated rings. The molecule has 2 aliphatic rings. The molecular formula is C22H30AsN3O5. The fraction of sp³-hybridized carbons (Fsp3) is 0.409. The molecule has 1 saturated heterocycles. The van der Waals surface area contributed by atoms with Gasteiger partial charge in [0.2, 0.25) is 0 Å². The van der Waals surface area contributed by atoms with Crippen LogP contribution in [-0.4, -0.2) is 76.4 Å². The van der Waals surface area contributed by atoms with Crippen LogP contribution in [0.4, 0.5) is 5.69 Å². The van der Waals surface area contributed by atoms with Crippen LogP contribution in [0.3, 0.4) is 0 Å². The number of amides is 1. The van der Waals surface area contributed by atoms with Crippen molar-refractivity contribution >= 4 is 30.1 Å². The van der Waals surface area contributed by atoms with E-state index in [2.05, 4.69) is 46.4 Å². The number of aromatic hydroxyl groups is 1. The van der Waals surface area contributed by atoms with Gasteiger partial charge in [-0.25, -0.2) is 0 Å². The van der Waals surface area contributed by atoms with E-state index in [1.807, 2.05) is 0 Å². The molecule has 1 aliphatic carbocycles. The molecule has 2 aromatic carbocycles. The van der Waals surface area contributed by atoms with E-state index < -0.39 is 24.3 Å². The first-order chi connectivity index (χ1) is 14.6. The molecule has 1 atom stereocenters. The van der Waals surface area contributed by atoms with Gasteiger partial charge in [0.15, 0.2) is 0 Å². The third-order valence-electron chi connectivity index (χ3n) is 5.69. The fourth-order valence-corrected chi connectivity index (χ4v) is 5.51. The van der Waals surface area contributed by atoms with Gasteiger partial charge in [-0.3, -0.25) is 4.90 Å². The van der Waals surface area contributed by atoms with Crippen LogP contribution >= 0.6 is 0 Å². The summed E-state index contributed by atoms with van der Waals surface area (Å²) in [6.07, 6.45) is 2.59. The molecule has 168 valence electrons. The average Bonchev–Trinajstić information content (AvgIpc) is 3.13. The van der Waals surface area contributed by atoms with Crippen LogP contribution in [0.25, 0.3) is 0 Å². The number of rotatable bonds is 3. The summed E-state index contributed by atoms with van der Waals surface area (Å²) in [5, 5.41) is 11.6. The number of carbonyl (C=O) groups excluding carboxylic acids is 1. The maximum absolute atomic E-state index is 11.0. The number of fused-ring (bicyclic) bond motifs is 1. The summed E-state index contributed by atoms with van der Waals surface area (Å²) in [4.78, 5) is 15.8. The molecule has 4 rings (SSSR count). The minimum absolute atomic E-state index is 0.236. The predicted octanol–water partition coefficient (Wildman–Crippen LogP) is 0.833. The zero-order chi connectivity index (χ0) is 22.6. The number of piperazine rings is 1. The molecule has 0 radical (unpaired) electrons. The van der Waals surface area contributed by atoms with E-state index >= 15 is 0 Å². The van der Waals surface area contributed by atoms with Crippen LogP contribution in [-0.2, 0) is 15.0 Å². The van der Waals surface area contributed by atoms with Gasteiger partial charge in [-0.05, 0) is 31.0 Å². The summed E-state index contributed by atoms with van der Waals surface area (Å²) in [6, 6.07) is 13.2. The molecule has 1 heterocycles. The Balaban J connectivity index is 0.000000176. The van der Waals surface area contributed by atoms with Gasteiger partial charge in [-0.1, -0.05) is 24.3 Å². The second kappa shape index (κ2) is 10.0. The predicted molar refractivity (Wildman–Crippen MR) is 119 cm³/mol. The first-order valence-electron chi connectivity index (χ1n) is 10.3. The maximum atomic E-state index is 11.0. The third-order valence-corrected chi connectivity index (χ3v) is 7.76. The molecule has 0 spiro atoms. The summed E-state index contributed by atoms with van der Waals surface area (Å²) in [7, 11) is 2.22. The average molecular weight is 491 g/mol. The molecule has 9 heteroatoms. The van der Waals surface area contributed by atoms with Crippen LogP contribution in [0.15, 0.2) is 42.5 Å². The van der Waals surface area contributed by atoms with Gasteiger partial charge in [-0.15, -0.1) is 0 Å². The van der Waals surface area contributed by atoms with Crippen molar-refractivity contribution in [2.24, 2.45) is 0 Å². The normalized spacial score (nSPS) is 19.3. The number of phenols is 1. The first-order valence-corrected chi connectivity index (χ1v) is 13.7. The minimum Gasteiger partial charge on any atom is -0.304 e. The monoisotopic (exact) mass is 491 g/mol. The van der Waals surface area contributed by atoms with Crippen molar-refractivity contribution < 1.29 is 21.8 Å². The summed E-state index contributed by atoms with van der Waals surface area (Å²) in [5.74, 6) is -0.832. The van der Waals surface area contributed by atoms with Crippen LogP contribution in [0.2, 0.25) is 0 Å². The number of benzene rings is 2.